The normalized spacial score (nSPS) is 23.3. The van der Waals surface area contributed by atoms with Crippen LogP contribution >= 0.6 is 0 Å². The molecule has 1 aliphatic heterocycles. The highest BCUT2D eigenvalue weighted by molar-refractivity contribution is 5.60. The average molecular weight is 333 g/mol. The van der Waals surface area contributed by atoms with E-state index < -0.39 is 0 Å². The predicted molar refractivity (Wildman–Crippen MR) is 95.8 cm³/mol. The van der Waals surface area contributed by atoms with Crippen LogP contribution < -0.4 is 10.6 Å². The van der Waals surface area contributed by atoms with Gasteiger partial charge in [-0.25, -0.2) is 9.97 Å². The van der Waals surface area contributed by atoms with Gasteiger partial charge in [0.15, 0.2) is 5.65 Å². The first-order valence-corrected chi connectivity index (χ1v) is 8.30. The Labute approximate surface area is 145 Å². The van der Waals surface area contributed by atoms with Gasteiger partial charge < -0.3 is 10.6 Å². The number of nitrogens with zero attached hydrogens (tertiary/aromatic N) is 5. The molecule has 0 bridgehead atoms. The van der Waals surface area contributed by atoms with Gasteiger partial charge in [0.25, 0.3) is 0 Å². The summed E-state index contributed by atoms with van der Waals surface area (Å²) in [7, 11) is 0. The molecule has 0 aliphatic carbocycles. The lowest BCUT2D eigenvalue weighted by Gasteiger charge is -2.33. The van der Waals surface area contributed by atoms with Gasteiger partial charge in [-0.1, -0.05) is 12.8 Å². The van der Waals surface area contributed by atoms with Crippen LogP contribution in [0.25, 0.3) is 17.0 Å². The third-order valence-corrected chi connectivity index (χ3v) is 4.47. The summed E-state index contributed by atoms with van der Waals surface area (Å²) in [5, 5.41) is 6.83. The van der Waals surface area contributed by atoms with Gasteiger partial charge in [-0.15, -0.1) is 6.42 Å². The van der Waals surface area contributed by atoms with E-state index in [1.807, 2.05) is 10.6 Å². The maximum atomic E-state index is 5.66. The van der Waals surface area contributed by atoms with Crippen molar-refractivity contribution < 1.29 is 0 Å². The van der Waals surface area contributed by atoms with Gasteiger partial charge >= 0.3 is 0 Å². The molecule has 7 nitrogen and oxygen atoms in total. The van der Waals surface area contributed by atoms with E-state index in [1.165, 1.54) is 0 Å². The molecule has 0 radical (unpaired) electrons. The number of hydrogen-bond acceptors (Lipinski definition) is 6. The van der Waals surface area contributed by atoms with Crippen LogP contribution in [0.4, 0.5) is 5.82 Å². The highest BCUT2D eigenvalue weighted by atomic mass is 15.1. The highest BCUT2D eigenvalue weighted by Gasteiger charge is 2.27. The minimum absolute atomic E-state index is 0.0106. The fraction of sp³-hybridized carbons (Fsp3) is 0.333. The number of rotatable bonds is 3. The van der Waals surface area contributed by atoms with E-state index in [4.69, 9.17) is 11.4 Å². The van der Waals surface area contributed by atoms with Gasteiger partial charge in [0.1, 0.15) is 11.5 Å². The van der Waals surface area contributed by atoms with E-state index in [9.17, 15) is 0 Å². The molecule has 25 heavy (non-hydrogen) atoms. The van der Waals surface area contributed by atoms with Crippen LogP contribution in [0.2, 0.25) is 0 Å². The summed E-state index contributed by atoms with van der Waals surface area (Å²) in [5.74, 6) is 4.09. The first kappa shape index (κ1) is 15.5. The lowest BCUT2D eigenvalue weighted by Crippen LogP contribution is -2.50. The Hall–Kier alpha value is -2.98. The molecule has 0 amide bonds. The Kier molecular flexibility index (Phi) is 4.04. The molecule has 3 aromatic rings. The second kappa shape index (κ2) is 6.49. The van der Waals surface area contributed by atoms with Crippen LogP contribution in [0.3, 0.4) is 0 Å². The monoisotopic (exact) mass is 333 g/mol. The molecule has 1 aliphatic rings. The quantitative estimate of drug-likeness (QED) is 0.709. The Morgan fingerprint density at radius 1 is 1.28 bits per heavy atom. The van der Waals surface area contributed by atoms with Gasteiger partial charge in [0, 0.05) is 12.4 Å². The van der Waals surface area contributed by atoms with E-state index in [2.05, 4.69) is 38.4 Å². The Bertz CT molecular complexity index is 926. The summed E-state index contributed by atoms with van der Waals surface area (Å²) < 4.78 is 1.94. The summed E-state index contributed by atoms with van der Waals surface area (Å²) in [4.78, 5) is 17.5. The minimum Gasteiger partial charge on any atom is -0.363 e. The molecule has 0 saturated carbocycles. The van der Waals surface area contributed by atoms with Crippen molar-refractivity contribution in [3.63, 3.8) is 0 Å². The van der Waals surface area contributed by atoms with Crippen molar-refractivity contribution in [3.8, 4) is 23.7 Å². The minimum atomic E-state index is -0.0106. The first-order valence-electron chi connectivity index (χ1n) is 8.30. The van der Waals surface area contributed by atoms with Crippen molar-refractivity contribution in [3.05, 3.63) is 37.2 Å². The van der Waals surface area contributed by atoms with Crippen molar-refractivity contribution >= 4 is 11.5 Å². The lowest BCUT2D eigenvalue weighted by atomic mass is 9.91. The molecule has 4 heterocycles. The van der Waals surface area contributed by atoms with Crippen LogP contribution in [-0.2, 0) is 0 Å². The van der Waals surface area contributed by atoms with Crippen LogP contribution in [0.15, 0.2) is 37.2 Å². The molecule has 3 atom stereocenters. The maximum absolute atomic E-state index is 5.66. The van der Waals surface area contributed by atoms with Crippen LogP contribution in [0, 0.1) is 18.3 Å². The van der Waals surface area contributed by atoms with Gasteiger partial charge in [0.05, 0.1) is 42.6 Å². The fourth-order valence-corrected chi connectivity index (χ4v) is 3.22. The standard InChI is InChI=1S/C18H19N7/c1-3-13-14(6-12(2)7-21-13)23-17-10-20-8-15(24-17)16-9-22-18-11-19-4-5-25(16)18/h1,4-5,8-14,21H,6-7H2,2H3,(H,23,24). The highest BCUT2D eigenvalue weighted by Crippen LogP contribution is 2.21. The molecule has 3 aromatic heterocycles. The summed E-state index contributed by atoms with van der Waals surface area (Å²) in [5.41, 5.74) is 2.39. The number of piperidine rings is 1. The molecule has 4 rings (SSSR count). The average Bonchev–Trinajstić information content (AvgIpc) is 3.06. The van der Waals surface area contributed by atoms with E-state index in [-0.39, 0.29) is 12.1 Å². The van der Waals surface area contributed by atoms with Crippen LogP contribution in [-0.4, -0.2) is 43.0 Å². The zero-order valence-electron chi connectivity index (χ0n) is 13.9. The molecule has 0 spiro atoms. The van der Waals surface area contributed by atoms with Crippen molar-refractivity contribution in [1.82, 2.24) is 29.7 Å². The van der Waals surface area contributed by atoms with Crippen molar-refractivity contribution in [1.29, 1.82) is 0 Å². The fourth-order valence-electron chi connectivity index (χ4n) is 3.22. The Morgan fingerprint density at radius 2 is 2.20 bits per heavy atom. The first-order chi connectivity index (χ1) is 12.2. The molecule has 2 N–H and O–H groups in total. The molecule has 126 valence electrons. The number of anilines is 1. The Morgan fingerprint density at radius 3 is 3.08 bits per heavy atom. The molecule has 7 heteroatoms. The largest absolute Gasteiger partial charge is 0.363 e. The summed E-state index contributed by atoms with van der Waals surface area (Å²) in [6.07, 6.45) is 17.2. The lowest BCUT2D eigenvalue weighted by molar-refractivity contribution is 0.341. The number of fused-ring (bicyclic) bond motifs is 1. The predicted octanol–water partition coefficient (Wildman–Crippen LogP) is 1.60. The zero-order valence-corrected chi connectivity index (χ0v) is 13.9. The van der Waals surface area contributed by atoms with E-state index in [0.717, 1.165) is 30.0 Å². The SMILES string of the molecule is C#CC1NCC(C)CC1Nc1cncc(-c2cnc3cnccn23)n1. The molecule has 1 saturated heterocycles. The van der Waals surface area contributed by atoms with Crippen LogP contribution in [0.1, 0.15) is 13.3 Å². The topological polar surface area (TPSA) is 80.0 Å². The molecular formula is C18H19N7. The maximum Gasteiger partial charge on any atom is 0.155 e. The third-order valence-electron chi connectivity index (χ3n) is 4.47. The second-order valence-electron chi connectivity index (χ2n) is 6.38. The van der Waals surface area contributed by atoms with Gasteiger partial charge in [-0.3, -0.25) is 14.4 Å². The van der Waals surface area contributed by atoms with Crippen molar-refractivity contribution in [2.24, 2.45) is 5.92 Å². The summed E-state index contributed by atoms with van der Waals surface area (Å²) >= 11 is 0. The molecular weight excluding hydrogens is 314 g/mol. The number of terminal acetylenes is 1. The van der Waals surface area contributed by atoms with Crippen molar-refractivity contribution in [2.75, 3.05) is 11.9 Å². The van der Waals surface area contributed by atoms with Gasteiger partial charge in [-0.2, -0.15) is 0 Å². The number of nitrogens with one attached hydrogen (secondary N) is 2. The number of aromatic nitrogens is 5. The summed E-state index contributed by atoms with van der Waals surface area (Å²) in [6.45, 7) is 3.15. The van der Waals surface area contributed by atoms with Gasteiger partial charge in [0.2, 0.25) is 0 Å². The molecule has 1 fully saturated rings. The van der Waals surface area contributed by atoms with Crippen LogP contribution in [0.5, 0.6) is 0 Å². The van der Waals surface area contributed by atoms with E-state index in [0.29, 0.717) is 11.7 Å². The second-order valence-corrected chi connectivity index (χ2v) is 6.38. The summed E-state index contributed by atoms with van der Waals surface area (Å²) in [6, 6.07) is 0.119. The zero-order chi connectivity index (χ0) is 17.2. The van der Waals surface area contributed by atoms with Crippen molar-refractivity contribution in [2.45, 2.75) is 25.4 Å². The smallest absolute Gasteiger partial charge is 0.155 e. The molecule has 0 aromatic carbocycles. The number of imidazole rings is 1. The number of hydrogen-bond donors (Lipinski definition) is 2. The third kappa shape index (κ3) is 3.04. The van der Waals surface area contributed by atoms with E-state index in [1.54, 1.807) is 31.0 Å². The molecule has 3 unspecified atom stereocenters. The Balaban J connectivity index is 1.62. The van der Waals surface area contributed by atoms with Gasteiger partial charge in [-0.05, 0) is 18.9 Å². The van der Waals surface area contributed by atoms with E-state index >= 15 is 0 Å².